The normalized spacial score (nSPS) is 9.62. The minimum absolute atomic E-state index is 0.173. The lowest BCUT2D eigenvalue weighted by Crippen LogP contribution is -1.94. The summed E-state index contributed by atoms with van der Waals surface area (Å²) in [7, 11) is 0. The third kappa shape index (κ3) is 2.43. The lowest BCUT2D eigenvalue weighted by molar-refractivity contribution is 0.599. The molecule has 0 aromatic heterocycles. The Kier molecular flexibility index (Phi) is 3.72. The first-order chi connectivity index (χ1) is 6.29. The highest BCUT2D eigenvalue weighted by atomic mass is 35.5. The van der Waals surface area contributed by atoms with E-state index >= 15 is 0 Å². The second-order valence-corrected chi connectivity index (χ2v) is 2.95. The number of nitrogens with zero attached hydrogens (tertiary/aromatic N) is 1. The Labute approximate surface area is 81.8 Å². The third-order valence-electron chi connectivity index (χ3n) is 1.81. The molecule has 0 unspecified atom stereocenters. The van der Waals surface area contributed by atoms with E-state index in [9.17, 15) is 4.39 Å². The highest BCUT2D eigenvalue weighted by Gasteiger charge is 2.05. The summed E-state index contributed by atoms with van der Waals surface area (Å²) in [6.07, 6.45) is 0.787. The van der Waals surface area contributed by atoms with E-state index in [0.29, 0.717) is 24.0 Å². The molecule has 1 aromatic rings. The van der Waals surface area contributed by atoms with Gasteiger partial charge >= 0.3 is 0 Å². The number of hydrogen-bond acceptors (Lipinski definition) is 1. The van der Waals surface area contributed by atoms with Crippen molar-refractivity contribution in [1.29, 1.82) is 5.26 Å². The molecule has 0 bridgehead atoms. The highest BCUT2D eigenvalue weighted by molar-refractivity contribution is 6.17. The van der Waals surface area contributed by atoms with Gasteiger partial charge in [-0.1, -0.05) is 18.2 Å². The Morgan fingerprint density at radius 2 is 2.08 bits per heavy atom. The van der Waals surface area contributed by atoms with Gasteiger partial charge in [0, 0.05) is 12.0 Å². The molecule has 1 nitrogen and oxygen atoms in total. The van der Waals surface area contributed by atoms with Crippen LogP contribution in [-0.4, -0.2) is 0 Å². The van der Waals surface area contributed by atoms with Gasteiger partial charge in [-0.15, -0.1) is 11.6 Å². The topological polar surface area (TPSA) is 23.8 Å². The van der Waals surface area contributed by atoms with E-state index in [1.165, 1.54) is 0 Å². The molecule has 0 N–H and O–H groups in total. The van der Waals surface area contributed by atoms with E-state index in [4.69, 9.17) is 16.9 Å². The van der Waals surface area contributed by atoms with Crippen LogP contribution in [0.1, 0.15) is 17.5 Å². The fourth-order valence-corrected chi connectivity index (χ4v) is 1.33. The molecule has 0 fully saturated rings. The molecular weight excluding hydrogens is 189 g/mol. The second-order valence-electron chi connectivity index (χ2n) is 2.68. The molecule has 0 heterocycles. The first-order valence-corrected chi connectivity index (χ1v) is 4.52. The van der Waals surface area contributed by atoms with Crippen LogP contribution in [-0.2, 0) is 12.3 Å². The fourth-order valence-electron chi connectivity index (χ4n) is 1.12. The molecule has 1 aromatic carbocycles. The van der Waals surface area contributed by atoms with Crippen LogP contribution in [0, 0.1) is 17.1 Å². The monoisotopic (exact) mass is 197 g/mol. The maximum Gasteiger partial charge on any atom is 0.130 e. The molecule has 0 amide bonds. The van der Waals surface area contributed by atoms with Crippen LogP contribution in [0.15, 0.2) is 18.2 Å². The standard InChI is InChI=1S/C10H9ClFN/c11-7-9-4-1-3-8(10(9)12)5-2-6-13/h1,3-4H,2,5,7H2. The van der Waals surface area contributed by atoms with E-state index in [2.05, 4.69) is 0 Å². The number of hydrogen-bond donors (Lipinski definition) is 0. The van der Waals surface area contributed by atoms with Gasteiger partial charge < -0.3 is 0 Å². The van der Waals surface area contributed by atoms with Crippen LogP contribution >= 0.6 is 11.6 Å². The summed E-state index contributed by atoms with van der Waals surface area (Å²) in [5.41, 5.74) is 1.07. The molecular formula is C10H9ClFN. The minimum atomic E-state index is -0.271. The van der Waals surface area contributed by atoms with E-state index in [1.807, 2.05) is 6.07 Å². The van der Waals surface area contributed by atoms with Crippen LogP contribution in [0.5, 0.6) is 0 Å². The van der Waals surface area contributed by atoms with Crippen molar-refractivity contribution < 1.29 is 4.39 Å². The minimum Gasteiger partial charge on any atom is -0.206 e. The molecule has 0 aliphatic carbocycles. The Balaban J connectivity index is 2.89. The summed E-state index contributed by atoms with van der Waals surface area (Å²) < 4.78 is 13.4. The fraction of sp³-hybridized carbons (Fsp3) is 0.300. The van der Waals surface area contributed by atoms with Crippen LogP contribution in [0.3, 0.4) is 0 Å². The molecule has 0 aliphatic rings. The van der Waals surface area contributed by atoms with E-state index in [1.54, 1.807) is 18.2 Å². The molecule has 0 atom stereocenters. The quantitative estimate of drug-likeness (QED) is 0.684. The van der Waals surface area contributed by atoms with Crippen molar-refractivity contribution in [2.45, 2.75) is 18.7 Å². The number of halogens is 2. The summed E-state index contributed by atoms with van der Waals surface area (Å²) in [5.74, 6) is -0.0978. The number of nitriles is 1. The maximum atomic E-state index is 13.4. The van der Waals surface area contributed by atoms with Gasteiger partial charge in [-0.3, -0.25) is 0 Å². The third-order valence-corrected chi connectivity index (χ3v) is 2.10. The number of alkyl halides is 1. The average Bonchev–Trinajstić information content (AvgIpc) is 2.16. The van der Waals surface area contributed by atoms with Gasteiger partial charge in [-0.25, -0.2) is 4.39 Å². The number of rotatable bonds is 3. The zero-order valence-corrected chi connectivity index (χ0v) is 7.81. The Hall–Kier alpha value is -1.07. The van der Waals surface area contributed by atoms with Crippen LogP contribution in [0.25, 0.3) is 0 Å². The Morgan fingerprint density at radius 3 is 2.69 bits per heavy atom. The molecule has 1 rings (SSSR count). The van der Waals surface area contributed by atoms with Gasteiger partial charge in [-0.05, 0) is 12.0 Å². The van der Waals surface area contributed by atoms with Gasteiger partial charge in [0.1, 0.15) is 5.82 Å². The number of benzene rings is 1. The van der Waals surface area contributed by atoms with Crippen molar-refractivity contribution in [2.75, 3.05) is 0 Å². The smallest absolute Gasteiger partial charge is 0.130 e. The molecule has 0 saturated carbocycles. The summed E-state index contributed by atoms with van der Waals surface area (Å²) in [4.78, 5) is 0. The van der Waals surface area contributed by atoms with Crippen molar-refractivity contribution in [3.05, 3.63) is 35.1 Å². The first kappa shape index (κ1) is 10.0. The van der Waals surface area contributed by atoms with Gasteiger partial charge in [0.15, 0.2) is 0 Å². The predicted molar refractivity (Wildman–Crippen MR) is 49.9 cm³/mol. The highest BCUT2D eigenvalue weighted by Crippen LogP contribution is 2.16. The van der Waals surface area contributed by atoms with E-state index < -0.39 is 0 Å². The molecule has 3 heteroatoms. The van der Waals surface area contributed by atoms with Crippen molar-refractivity contribution in [2.24, 2.45) is 0 Å². The molecule has 0 saturated heterocycles. The van der Waals surface area contributed by atoms with Crippen LogP contribution in [0.4, 0.5) is 4.39 Å². The Morgan fingerprint density at radius 1 is 1.38 bits per heavy atom. The number of aryl methyl sites for hydroxylation is 1. The van der Waals surface area contributed by atoms with Gasteiger partial charge in [0.05, 0.1) is 11.9 Å². The molecule has 68 valence electrons. The molecule has 13 heavy (non-hydrogen) atoms. The summed E-state index contributed by atoms with van der Waals surface area (Å²) in [6.45, 7) is 0. The van der Waals surface area contributed by atoms with Crippen molar-refractivity contribution in [3.63, 3.8) is 0 Å². The van der Waals surface area contributed by atoms with E-state index in [-0.39, 0.29) is 11.7 Å². The summed E-state index contributed by atoms with van der Waals surface area (Å²) in [6, 6.07) is 7.07. The lowest BCUT2D eigenvalue weighted by atomic mass is 10.1. The maximum absolute atomic E-state index is 13.4. The van der Waals surface area contributed by atoms with Gasteiger partial charge in [0.2, 0.25) is 0 Å². The van der Waals surface area contributed by atoms with Crippen LogP contribution < -0.4 is 0 Å². The predicted octanol–water partition coefficient (Wildman–Crippen LogP) is 3.02. The average molecular weight is 198 g/mol. The van der Waals surface area contributed by atoms with E-state index in [0.717, 1.165) is 0 Å². The Bertz CT molecular complexity index is 330. The summed E-state index contributed by atoms with van der Waals surface area (Å²) >= 11 is 5.53. The second kappa shape index (κ2) is 4.84. The first-order valence-electron chi connectivity index (χ1n) is 3.98. The molecule has 0 aliphatic heterocycles. The summed E-state index contributed by atoms with van der Waals surface area (Å²) in [5, 5.41) is 8.35. The van der Waals surface area contributed by atoms with Crippen LogP contribution in [0.2, 0.25) is 0 Å². The van der Waals surface area contributed by atoms with Crippen molar-refractivity contribution in [1.82, 2.24) is 0 Å². The van der Waals surface area contributed by atoms with Gasteiger partial charge in [-0.2, -0.15) is 5.26 Å². The largest absolute Gasteiger partial charge is 0.206 e. The lowest BCUT2D eigenvalue weighted by Gasteiger charge is -2.03. The van der Waals surface area contributed by atoms with Crippen molar-refractivity contribution >= 4 is 11.6 Å². The van der Waals surface area contributed by atoms with Gasteiger partial charge in [0.25, 0.3) is 0 Å². The molecule has 0 radical (unpaired) electrons. The SMILES string of the molecule is N#CCCc1cccc(CCl)c1F. The zero-order chi connectivity index (χ0) is 9.68. The zero-order valence-electron chi connectivity index (χ0n) is 7.06. The molecule has 0 spiro atoms. The van der Waals surface area contributed by atoms with Crippen molar-refractivity contribution in [3.8, 4) is 6.07 Å².